The van der Waals surface area contributed by atoms with Crippen LogP contribution in [0.15, 0.2) is 47.6 Å². The van der Waals surface area contributed by atoms with E-state index in [9.17, 15) is 8.42 Å². The lowest BCUT2D eigenvalue weighted by atomic mass is 10.3. The Labute approximate surface area is 106 Å². The topological polar surface area (TPSA) is 85.1 Å². The predicted molar refractivity (Wildman–Crippen MR) is 71.5 cm³/mol. The molecule has 0 aliphatic heterocycles. The van der Waals surface area contributed by atoms with Crippen molar-refractivity contribution in [2.24, 2.45) is 0 Å². The summed E-state index contributed by atoms with van der Waals surface area (Å²) in [4.78, 5) is 4.24. The van der Waals surface area contributed by atoms with Gasteiger partial charge < -0.3 is 11.1 Å². The van der Waals surface area contributed by atoms with E-state index in [2.05, 4.69) is 10.3 Å². The van der Waals surface area contributed by atoms with Crippen molar-refractivity contribution in [2.75, 3.05) is 17.3 Å². The van der Waals surface area contributed by atoms with Gasteiger partial charge in [-0.25, -0.2) is 8.42 Å². The molecule has 18 heavy (non-hydrogen) atoms. The van der Waals surface area contributed by atoms with E-state index in [-0.39, 0.29) is 0 Å². The fraction of sp³-hybridized carbons (Fsp3) is 0.0833. The molecule has 0 spiro atoms. The molecule has 0 saturated carbocycles. The van der Waals surface area contributed by atoms with Crippen LogP contribution in [0, 0.1) is 0 Å². The second-order valence-corrected chi connectivity index (χ2v) is 5.94. The molecule has 1 aromatic heterocycles. The lowest BCUT2D eigenvalue weighted by molar-refractivity contribution is 0.602. The number of sulfone groups is 1. The van der Waals surface area contributed by atoms with Gasteiger partial charge in [-0.05, 0) is 30.3 Å². The minimum atomic E-state index is -3.16. The lowest BCUT2D eigenvalue weighted by Crippen LogP contribution is -1.97. The largest absolute Gasteiger partial charge is 0.397 e. The van der Waals surface area contributed by atoms with Crippen molar-refractivity contribution < 1.29 is 8.42 Å². The molecule has 0 atom stereocenters. The number of nitrogens with zero attached hydrogens (tertiary/aromatic N) is 1. The van der Waals surface area contributed by atoms with E-state index in [0.29, 0.717) is 10.6 Å². The third-order valence-electron chi connectivity index (χ3n) is 2.33. The Hall–Kier alpha value is -2.08. The first-order valence-corrected chi connectivity index (χ1v) is 7.12. The summed E-state index contributed by atoms with van der Waals surface area (Å²) in [5, 5.41) is 3.09. The van der Waals surface area contributed by atoms with Crippen LogP contribution in [-0.2, 0) is 9.84 Å². The number of nitrogen functional groups attached to an aromatic ring is 1. The van der Waals surface area contributed by atoms with E-state index < -0.39 is 9.84 Å². The molecule has 6 heteroatoms. The molecule has 0 bridgehead atoms. The first kappa shape index (κ1) is 12.4. The predicted octanol–water partition coefficient (Wildman–Crippen LogP) is 1.81. The fourth-order valence-electron chi connectivity index (χ4n) is 1.48. The van der Waals surface area contributed by atoms with Gasteiger partial charge >= 0.3 is 0 Å². The van der Waals surface area contributed by atoms with Gasteiger partial charge in [-0.1, -0.05) is 0 Å². The summed E-state index contributed by atoms with van der Waals surface area (Å²) >= 11 is 0. The number of hydrogen-bond acceptors (Lipinski definition) is 5. The summed E-state index contributed by atoms with van der Waals surface area (Å²) in [6, 6.07) is 8.24. The molecular formula is C12H13N3O2S. The number of pyridine rings is 1. The summed E-state index contributed by atoms with van der Waals surface area (Å²) < 4.78 is 22.6. The van der Waals surface area contributed by atoms with E-state index in [1.165, 1.54) is 6.26 Å². The Balaban J connectivity index is 2.21. The monoisotopic (exact) mass is 263 g/mol. The molecule has 1 aromatic carbocycles. The Kier molecular flexibility index (Phi) is 3.20. The lowest BCUT2D eigenvalue weighted by Gasteiger charge is -2.07. The smallest absolute Gasteiger partial charge is 0.175 e. The van der Waals surface area contributed by atoms with Crippen molar-refractivity contribution in [3.63, 3.8) is 0 Å². The van der Waals surface area contributed by atoms with Crippen LogP contribution in [0.3, 0.4) is 0 Å². The Morgan fingerprint density at radius 1 is 1.11 bits per heavy atom. The number of hydrogen-bond donors (Lipinski definition) is 2. The SMILES string of the molecule is CS(=O)(=O)c1ccc(Nc2cncc(N)c2)cc1. The van der Waals surface area contributed by atoms with Crippen molar-refractivity contribution in [1.29, 1.82) is 0 Å². The molecule has 2 rings (SSSR count). The maximum atomic E-state index is 11.3. The molecule has 94 valence electrons. The minimum Gasteiger partial charge on any atom is -0.397 e. The van der Waals surface area contributed by atoms with Gasteiger partial charge in [-0.3, -0.25) is 4.98 Å². The normalized spacial score (nSPS) is 11.2. The van der Waals surface area contributed by atoms with Crippen LogP contribution in [0.5, 0.6) is 0 Å². The molecule has 0 aliphatic carbocycles. The van der Waals surface area contributed by atoms with E-state index in [0.717, 1.165) is 11.4 Å². The number of benzene rings is 1. The number of nitrogens with two attached hydrogens (primary N) is 1. The third-order valence-corrected chi connectivity index (χ3v) is 3.46. The molecule has 2 aromatic rings. The standard InChI is InChI=1S/C12H13N3O2S/c1-18(16,17)12-4-2-10(3-5-12)15-11-6-9(13)7-14-8-11/h2-8,15H,13H2,1H3. The van der Waals surface area contributed by atoms with Crippen molar-refractivity contribution in [1.82, 2.24) is 4.98 Å². The first-order valence-electron chi connectivity index (χ1n) is 5.23. The van der Waals surface area contributed by atoms with Gasteiger partial charge in [0.2, 0.25) is 0 Å². The van der Waals surface area contributed by atoms with Crippen LogP contribution >= 0.6 is 0 Å². The summed E-state index contributed by atoms with van der Waals surface area (Å²) in [6.07, 6.45) is 4.37. The number of aromatic nitrogens is 1. The zero-order valence-corrected chi connectivity index (χ0v) is 10.6. The quantitative estimate of drug-likeness (QED) is 0.882. The zero-order valence-electron chi connectivity index (χ0n) is 9.79. The van der Waals surface area contributed by atoms with E-state index in [1.807, 2.05) is 0 Å². The summed E-state index contributed by atoms with van der Waals surface area (Å²) in [5.74, 6) is 0. The van der Waals surface area contributed by atoms with Crippen molar-refractivity contribution >= 4 is 26.9 Å². The van der Waals surface area contributed by atoms with Crippen LogP contribution < -0.4 is 11.1 Å². The highest BCUT2D eigenvalue weighted by molar-refractivity contribution is 7.90. The Bertz CT molecular complexity index is 651. The molecular weight excluding hydrogens is 250 g/mol. The number of nitrogens with one attached hydrogen (secondary N) is 1. The van der Waals surface area contributed by atoms with Crippen LogP contribution in [0.1, 0.15) is 0 Å². The van der Waals surface area contributed by atoms with Crippen LogP contribution in [0.4, 0.5) is 17.1 Å². The second kappa shape index (κ2) is 4.66. The van der Waals surface area contributed by atoms with Gasteiger partial charge in [0.25, 0.3) is 0 Å². The summed E-state index contributed by atoms with van der Waals surface area (Å²) in [5.41, 5.74) is 7.70. The van der Waals surface area contributed by atoms with Gasteiger partial charge in [-0.15, -0.1) is 0 Å². The van der Waals surface area contributed by atoms with Crippen molar-refractivity contribution in [3.8, 4) is 0 Å². The van der Waals surface area contributed by atoms with Gasteiger partial charge in [0.15, 0.2) is 9.84 Å². The van der Waals surface area contributed by atoms with Gasteiger partial charge in [0.05, 0.1) is 22.5 Å². The van der Waals surface area contributed by atoms with Crippen molar-refractivity contribution in [3.05, 3.63) is 42.7 Å². The maximum absolute atomic E-state index is 11.3. The van der Waals surface area contributed by atoms with Gasteiger partial charge in [-0.2, -0.15) is 0 Å². The average molecular weight is 263 g/mol. The van der Waals surface area contributed by atoms with Gasteiger partial charge in [0, 0.05) is 18.1 Å². The van der Waals surface area contributed by atoms with E-state index in [4.69, 9.17) is 5.73 Å². The second-order valence-electron chi connectivity index (χ2n) is 3.93. The number of anilines is 3. The van der Waals surface area contributed by atoms with Gasteiger partial charge in [0.1, 0.15) is 0 Å². The highest BCUT2D eigenvalue weighted by Crippen LogP contribution is 2.19. The molecule has 0 radical (unpaired) electrons. The van der Waals surface area contributed by atoms with Crippen molar-refractivity contribution in [2.45, 2.75) is 4.90 Å². The van der Waals surface area contributed by atoms with Crippen LogP contribution in [0.25, 0.3) is 0 Å². The number of rotatable bonds is 3. The zero-order chi connectivity index (χ0) is 13.2. The van der Waals surface area contributed by atoms with Crippen LogP contribution in [-0.4, -0.2) is 19.7 Å². The molecule has 0 aliphatic rings. The molecule has 3 N–H and O–H groups in total. The Morgan fingerprint density at radius 2 is 1.78 bits per heavy atom. The summed E-state index contributed by atoms with van der Waals surface area (Å²) in [7, 11) is -3.16. The molecule has 5 nitrogen and oxygen atoms in total. The first-order chi connectivity index (χ1) is 8.45. The highest BCUT2D eigenvalue weighted by Gasteiger charge is 2.06. The molecule has 1 heterocycles. The van der Waals surface area contributed by atoms with E-state index >= 15 is 0 Å². The third kappa shape index (κ3) is 2.98. The fourth-order valence-corrected chi connectivity index (χ4v) is 2.11. The molecule has 0 amide bonds. The molecule has 0 saturated heterocycles. The van der Waals surface area contributed by atoms with E-state index in [1.54, 1.807) is 42.7 Å². The highest BCUT2D eigenvalue weighted by atomic mass is 32.2. The maximum Gasteiger partial charge on any atom is 0.175 e. The molecule has 0 unspecified atom stereocenters. The Morgan fingerprint density at radius 3 is 2.33 bits per heavy atom. The average Bonchev–Trinajstić information content (AvgIpc) is 2.28. The van der Waals surface area contributed by atoms with Crippen LogP contribution in [0.2, 0.25) is 0 Å². The molecule has 0 fully saturated rings. The summed E-state index contributed by atoms with van der Waals surface area (Å²) in [6.45, 7) is 0. The minimum absolute atomic E-state index is 0.291.